The molecule has 2 aliphatic rings. The summed E-state index contributed by atoms with van der Waals surface area (Å²) in [6, 6.07) is 26.2. The highest BCUT2D eigenvalue weighted by molar-refractivity contribution is 5.74. The first-order chi connectivity index (χ1) is 15.7. The number of ether oxygens (including phenoxy) is 2. The smallest absolute Gasteiger partial charge is 0.176 e. The van der Waals surface area contributed by atoms with Crippen molar-refractivity contribution in [3.05, 3.63) is 107 Å². The van der Waals surface area contributed by atoms with Crippen LogP contribution in [0.3, 0.4) is 0 Å². The van der Waals surface area contributed by atoms with Gasteiger partial charge in [0, 0.05) is 5.56 Å². The lowest BCUT2D eigenvalue weighted by Gasteiger charge is -2.14. The number of phenols is 2. The summed E-state index contributed by atoms with van der Waals surface area (Å²) in [5.74, 6) is 2.39. The van der Waals surface area contributed by atoms with Gasteiger partial charge < -0.3 is 19.7 Å². The molecule has 6 rings (SSSR count). The van der Waals surface area contributed by atoms with Crippen molar-refractivity contribution in [2.75, 3.05) is 0 Å². The van der Waals surface area contributed by atoms with Crippen LogP contribution < -0.4 is 9.47 Å². The number of rotatable bonds is 0. The van der Waals surface area contributed by atoms with E-state index in [-0.39, 0.29) is 11.5 Å². The Bertz CT molecular complexity index is 1290. The van der Waals surface area contributed by atoms with Crippen LogP contribution in [0.1, 0.15) is 22.3 Å². The van der Waals surface area contributed by atoms with Crippen LogP contribution >= 0.6 is 0 Å². The monoisotopic (exact) mass is 422 g/mol. The molecule has 158 valence electrons. The van der Waals surface area contributed by atoms with E-state index in [1.54, 1.807) is 18.2 Å². The van der Waals surface area contributed by atoms with Crippen LogP contribution in [-0.4, -0.2) is 10.2 Å². The number of aromatic hydroxyl groups is 2. The molecular weight excluding hydrogens is 400 g/mol. The first-order valence-corrected chi connectivity index (χ1v) is 10.5. The number of benzene rings is 4. The lowest BCUT2D eigenvalue weighted by atomic mass is 10.0. The highest BCUT2D eigenvalue weighted by atomic mass is 16.5. The Labute approximate surface area is 186 Å². The van der Waals surface area contributed by atoms with Crippen molar-refractivity contribution >= 4 is 12.2 Å². The number of phenolic OH excluding ortho intramolecular Hbond substituents is 2. The fraction of sp³-hybridized carbons (Fsp3) is 0.0714. The van der Waals surface area contributed by atoms with Gasteiger partial charge >= 0.3 is 0 Å². The van der Waals surface area contributed by atoms with Crippen molar-refractivity contribution in [1.29, 1.82) is 0 Å². The van der Waals surface area contributed by atoms with Crippen molar-refractivity contribution in [3.8, 4) is 34.5 Å². The van der Waals surface area contributed by atoms with Crippen LogP contribution in [0.5, 0.6) is 34.5 Å². The minimum absolute atomic E-state index is 0.0896. The number of para-hydroxylation sites is 2. The number of aryl methyl sites for hydroxylation is 2. The van der Waals surface area contributed by atoms with Crippen LogP contribution in [0, 0.1) is 0 Å². The van der Waals surface area contributed by atoms with Gasteiger partial charge in [0.2, 0.25) is 0 Å². The second kappa shape index (κ2) is 8.52. The van der Waals surface area contributed by atoms with Crippen molar-refractivity contribution in [2.24, 2.45) is 0 Å². The Balaban J connectivity index is 1.62. The fourth-order valence-corrected chi connectivity index (χ4v) is 3.74. The van der Waals surface area contributed by atoms with Crippen molar-refractivity contribution in [2.45, 2.75) is 12.8 Å². The Morgan fingerprint density at radius 1 is 0.625 bits per heavy atom. The maximum absolute atomic E-state index is 10.5. The van der Waals surface area contributed by atoms with Crippen LogP contribution in [0.15, 0.2) is 84.9 Å². The summed E-state index contributed by atoms with van der Waals surface area (Å²) in [6.45, 7) is 0. The molecule has 0 aliphatic carbocycles. The molecule has 2 heterocycles. The van der Waals surface area contributed by atoms with E-state index in [1.165, 1.54) is 0 Å². The maximum Gasteiger partial charge on any atom is 0.176 e. The standard InChI is InChI=1S/C28H22O4/c29-24-17-12-20-9-13-21-4-1-2-7-26(21)32-28-22(5-3-6-25(28)30)14-8-19-10-15-23(16-11-19)31-27(24)18-20/h1-8,10-12,14-18,29-30H,9,13H2/b14-8-. The minimum atomic E-state index is 0.0896. The third-order valence-electron chi connectivity index (χ3n) is 5.48. The van der Waals surface area contributed by atoms with Gasteiger partial charge in [0.15, 0.2) is 23.0 Å². The predicted octanol–water partition coefficient (Wildman–Crippen LogP) is 6.95. The van der Waals surface area contributed by atoms with Crippen molar-refractivity contribution < 1.29 is 19.7 Å². The van der Waals surface area contributed by atoms with Gasteiger partial charge in [-0.25, -0.2) is 0 Å². The zero-order valence-corrected chi connectivity index (χ0v) is 17.4. The van der Waals surface area contributed by atoms with Crippen LogP contribution in [-0.2, 0) is 12.8 Å². The molecule has 4 heteroatoms. The first kappa shape index (κ1) is 19.8. The topological polar surface area (TPSA) is 58.9 Å². The Morgan fingerprint density at radius 2 is 1.47 bits per heavy atom. The molecular formula is C28H22O4. The molecule has 4 aromatic rings. The summed E-state index contributed by atoms with van der Waals surface area (Å²) in [7, 11) is 0. The van der Waals surface area contributed by atoms with Gasteiger partial charge in [-0.1, -0.05) is 60.7 Å². The molecule has 0 radical (unpaired) electrons. The van der Waals surface area contributed by atoms with E-state index in [2.05, 4.69) is 0 Å². The first-order valence-electron chi connectivity index (χ1n) is 10.5. The third kappa shape index (κ3) is 4.16. The van der Waals surface area contributed by atoms with E-state index < -0.39 is 0 Å². The normalized spacial score (nSPS) is 13.8. The number of fused-ring (bicyclic) bond motifs is 3. The Kier molecular flexibility index (Phi) is 5.26. The molecule has 0 atom stereocenters. The molecule has 0 saturated heterocycles. The zero-order valence-electron chi connectivity index (χ0n) is 17.4. The summed E-state index contributed by atoms with van der Waals surface area (Å²) in [4.78, 5) is 0. The van der Waals surface area contributed by atoms with Gasteiger partial charge in [0.05, 0.1) is 0 Å². The largest absolute Gasteiger partial charge is 0.504 e. The van der Waals surface area contributed by atoms with Gasteiger partial charge in [-0.3, -0.25) is 0 Å². The van der Waals surface area contributed by atoms with E-state index in [0.29, 0.717) is 23.0 Å². The second-order valence-corrected chi connectivity index (χ2v) is 7.71. The molecule has 2 N–H and O–H groups in total. The highest BCUT2D eigenvalue weighted by Crippen LogP contribution is 2.38. The molecule has 0 spiro atoms. The summed E-state index contributed by atoms with van der Waals surface area (Å²) in [5.41, 5.74) is 3.81. The van der Waals surface area contributed by atoms with Crippen molar-refractivity contribution in [3.63, 3.8) is 0 Å². The number of hydrogen-bond donors (Lipinski definition) is 2. The zero-order chi connectivity index (χ0) is 21.9. The lowest BCUT2D eigenvalue weighted by Crippen LogP contribution is -1.97. The quantitative estimate of drug-likeness (QED) is 0.322. The molecule has 0 unspecified atom stereocenters. The van der Waals surface area contributed by atoms with Crippen LogP contribution in [0.25, 0.3) is 12.2 Å². The van der Waals surface area contributed by atoms with E-state index >= 15 is 0 Å². The average Bonchev–Trinajstić information content (AvgIpc) is 2.81. The van der Waals surface area contributed by atoms with Crippen molar-refractivity contribution in [1.82, 2.24) is 0 Å². The molecule has 4 aromatic carbocycles. The highest BCUT2D eigenvalue weighted by Gasteiger charge is 2.13. The van der Waals surface area contributed by atoms with E-state index in [1.807, 2.05) is 78.9 Å². The Morgan fingerprint density at radius 3 is 2.34 bits per heavy atom. The average molecular weight is 422 g/mol. The Hall–Kier alpha value is -4.18. The molecule has 0 fully saturated rings. The van der Waals surface area contributed by atoms with Crippen LogP contribution in [0.2, 0.25) is 0 Å². The molecule has 4 bridgehead atoms. The molecule has 0 saturated carbocycles. The van der Waals surface area contributed by atoms with Crippen LogP contribution in [0.4, 0.5) is 0 Å². The predicted molar refractivity (Wildman–Crippen MR) is 126 cm³/mol. The van der Waals surface area contributed by atoms with E-state index in [9.17, 15) is 10.2 Å². The summed E-state index contributed by atoms with van der Waals surface area (Å²) >= 11 is 0. The maximum atomic E-state index is 10.5. The summed E-state index contributed by atoms with van der Waals surface area (Å²) in [6.07, 6.45) is 5.34. The van der Waals surface area contributed by atoms with Gasteiger partial charge in [-0.05, 0) is 65.9 Å². The van der Waals surface area contributed by atoms with E-state index in [0.717, 1.165) is 35.1 Å². The second-order valence-electron chi connectivity index (χ2n) is 7.71. The third-order valence-corrected chi connectivity index (χ3v) is 5.48. The molecule has 0 aromatic heterocycles. The van der Waals surface area contributed by atoms with Gasteiger partial charge in [-0.15, -0.1) is 0 Å². The minimum Gasteiger partial charge on any atom is -0.504 e. The van der Waals surface area contributed by atoms with E-state index in [4.69, 9.17) is 9.47 Å². The SMILES string of the molecule is Oc1ccc2cc1Oc1ccc(cc1)/C=C\c1cccc(O)c1Oc1ccccc1CC2. The molecule has 4 nitrogen and oxygen atoms in total. The fourth-order valence-electron chi connectivity index (χ4n) is 3.74. The van der Waals surface area contributed by atoms with Gasteiger partial charge in [0.1, 0.15) is 11.5 Å². The number of hydrogen-bond acceptors (Lipinski definition) is 4. The summed E-state index contributed by atoms with van der Waals surface area (Å²) < 4.78 is 12.2. The summed E-state index contributed by atoms with van der Waals surface area (Å²) in [5, 5.41) is 20.8. The lowest BCUT2D eigenvalue weighted by molar-refractivity contribution is 0.408. The molecule has 0 amide bonds. The molecule has 32 heavy (non-hydrogen) atoms. The van der Waals surface area contributed by atoms with Gasteiger partial charge in [-0.2, -0.15) is 0 Å². The molecule has 2 aliphatic heterocycles. The van der Waals surface area contributed by atoms with Gasteiger partial charge in [0.25, 0.3) is 0 Å².